The van der Waals surface area contributed by atoms with E-state index in [1.165, 1.54) is 15.8 Å². The van der Waals surface area contributed by atoms with Crippen molar-refractivity contribution in [1.82, 2.24) is 15.1 Å². The Labute approximate surface area is 144 Å². The van der Waals surface area contributed by atoms with Crippen LogP contribution in [0, 0.1) is 6.92 Å². The molecule has 0 radical (unpaired) electrons. The third kappa shape index (κ3) is 4.03. The second-order valence-electron chi connectivity index (χ2n) is 6.38. The molecule has 25 heavy (non-hydrogen) atoms. The van der Waals surface area contributed by atoms with Crippen molar-refractivity contribution in [2.75, 3.05) is 6.54 Å². The molecule has 1 N–H and O–H groups in total. The minimum atomic E-state index is -4.45. The molecule has 3 rings (SSSR count). The molecule has 0 unspecified atom stereocenters. The van der Waals surface area contributed by atoms with E-state index in [-0.39, 0.29) is 24.9 Å². The summed E-state index contributed by atoms with van der Waals surface area (Å²) in [6.45, 7) is 2.04. The first-order valence-electron chi connectivity index (χ1n) is 8.31. The zero-order chi connectivity index (χ0) is 18.0. The molecule has 0 aliphatic heterocycles. The van der Waals surface area contributed by atoms with E-state index in [4.69, 9.17) is 0 Å². The van der Waals surface area contributed by atoms with E-state index in [2.05, 4.69) is 22.5 Å². The number of aryl methyl sites for hydroxylation is 2. The van der Waals surface area contributed by atoms with Gasteiger partial charge in [0, 0.05) is 18.7 Å². The fourth-order valence-electron chi connectivity index (χ4n) is 3.33. The monoisotopic (exact) mass is 351 g/mol. The van der Waals surface area contributed by atoms with Crippen LogP contribution in [0.1, 0.15) is 41.3 Å². The highest BCUT2D eigenvalue weighted by molar-refractivity contribution is 5.77. The van der Waals surface area contributed by atoms with Gasteiger partial charge < -0.3 is 5.32 Å². The SMILES string of the molecule is Cc1cc(C(F)(F)F)nn1CCNC(=O)C[C@@H]1CCc2ccccc21. The molecular formula is C18H20F3N3O. The summed E-state index contributed by atoms with van der Waals surface area (Å²) in [5, 5.41) is 6.33. The minimum Gasteiger partial charge on any atom is -0.354 e. The maximum absolute atomic E-state index is 12.6. The molecule has 0 saturated carbocycles. The van der Waals surface area contributed by atoms with Crippen molar-refractivity contribution in [3.8, 4) is 0 Å². The number of amides is 1. The summed E-state index contributed by atoms with van der Waals surface area (Å²) in [6.07, 6.45) is -2.10. The molecule has 2 aromatic rings. The number of fused-ring (bicyclic) bond motifs is 1. The Morgan fingerprint density at radius 2 is 2.12 bits per heavy atom. The van der Waals surface area contributed by atoms with Crippen molar-refractivity contribution in [2.45, 2.75) is 44.8 Å². The molecule has 1 atom stereocenters. The number of rotatable bonds is 5. The topological polar surface area (TPSA) is 46.9 Å². The molecule has 0 fully saturated rings. The fraction of sp³-hybridized carbons (Fsp3) is 0.444. The van der Waals surface area contributed by atoms with Crippen molar-refractivity contribution >= 4 is 5.91 Å². The zero-order valence-corrected chi connectivity index (χ0v) is 13.9. The Kier molecular flexibility index (Phi) is 4.83. The summed E-state index contributed by atoms with van der Waals surface area (Å²) in [5.74, 6) is 0.141. The Morgan fingerprint density at radius 3 is 2.84 bits per heavy atom. The van der Waals surface area contributed by atoms with Gasteiger partial charge in [0.15, 0.2) is 5.69 Å². The molecule has 0 spiro atoms. The molecule has 1 heterocycles. The second kappa shape index (κ2) is 6.90. The van der Waals surface area contributed by atoms with Crippen molar-refractivity contribution in [3.05, 3.63) is 52.8 Å². The van der Waals surface area contributed by atoms with Crippen LogP contribution in [0.3, 0.4) is 0 Å². The van der Waals surface area contributed by atoms with Gasteiger partial charge in [0.1, 0.15) is 0 Å². The predicted molar refractivity (Wildman–Crippen MR) is 87.1 cm³/mol. The molecule has 1 aliphatic carbocycles. The van der Waals surface area contributed by atoms with Crippen LogP contribution in [0.2, 0.25) is 0 Å². The molecule has 1 aromatic heterocycles. The number of alkyl halides is 3. The van der Waals surface area contributed by atoms with E-state index in [9.17, 15) is 18.0 Å². The van der Waals surface area contributed by atoms with Crippen LogP contribution in [-0.2, 0) is 23.9 Å². The third-order valence-corrected chi connectivity index (χ3v) is 4.61. The average Bonchev–Trinajstić information content (AvgIpc) is 3.12. The number of carbonyl (C=O) groups is 1. The smallest absolute Gasteiger partial charge is 0.354 e. The van der Waals surface area contributed by atoms with Crippen LogP contribution in [0.25, 0.3) is 0 Å². The number of nitrogens with zero attached hydrogens (tertiary/aromatic N) is 2. The summed E-state index contributed by atoms with van der Waals surface area (Å²) in [7, 11) is 0. The molecule has 0 bridgehead atoms. The number of benzene rings is 1. The van der Waals surface area contributed by atoms with Crippen LogP contribution in [0.4, 0.5) is 13.2 Å². The second-order valence-corrected chi connectivity index (χ2v) is 6.38. The van der Waals surface area contributed by atoms with Gasteiger partial charge in [0.25, 0.3) is 0 Å². The van der Waals surface area contributed by atoms with E-state index in [1.807, 2.05) is 12.1 Å². The lowest BCUT2D eigenvalue weighted by atomic mass is 9.97. The predicted octanol–water partition coefficient (Wildman–Crippen LogP) is 3.45. The van der Waals surface area contributed by atoms with E-state index in [0.29, 0.717) is 12.1 Å². The van der Waals surface area contributed by atoms with E-state index >= 15 is 0 Å². The largest absolute Gasteiger partial charge is 0.435 e. The summed E-state index contributed by atoms with van der Waals surface area (Å²) < 4.78 is 39.2. The lowest BCUT2D eigenvalue weighted by molar-refractivity contribution is -0.141. The number of halogens is 3. The number of aromatic nitrogens is 2. The van der Waals surface area contributed by atoms with Gasteiger partial charge in [0.2, 0.25) is 5.91 Å². The lowest BCUT2D eigenvalue weighted by Gasteiger charge is -2.12. The first-order valence-corrected chi connectivity index (χ1v) is 8.31. The van der Waals surface area contributed by atoms with Crippen LogP contribution in [0.5, 0.6) is 0 Å². The summed E-state index contributed by atoms with van der Waals surface area (Å²) in [4.78, 5) is 12.1. The third-order valence-electron chi connectivity index (χ3n) is 4.61. The van der Waals surface area contributed by atoms with Crippen LogP contribution < -0.4 is 5.32 Å². The van der Waals surface area contributed by atoms with Crippen LogP contribution >= 0.6 is 0 Å². The lowest BCUT2D eigenvalue weighted by Crippen LogP contribution is -2.28. The Hall–Kier alpha value is -2.31. The Balaban J connectivity index is 1.50. The quantitative estimate of drug-likeness (QED) is 0.897. The van der Waals surface area contributed by atoms with Gasteiger partial charge in [0.05, 0.1) is 6.54 Å². The van der Waals surface area contributed by atoms with Crippen LogP contribution in [0.15, 0.2) is 30.3 Å². The molecule has 4 nitrogen and oxygen atoms in total. The molecule has 134 valence electrons. The first-order chi connectivity index (χ1) is 11.8. The van der Waals surface area contributed by atoms with Gasteiger partial charge in [-0.05, 0) is 42.9 Å². The summed E-state index contributed by atoms with van der Waals surface area (Å²) in [5.41, 5.74) is 2.05. The van der Waals surface area contributed by atoms with Gasteiger partial charge in [-0.1, -0.05) is 24.3 Å². The number of nitrogens with one attached hydrogen (secondary N) is 1. The van der Waals surface area contributed by atoms with Crippen molar-refractivity contribution in [2.24, 2.45) is 0 Å². The highest BCUT2D eigenvalue weighted by Crippen LogP contribution is 2.35. The van der Waals surface area contributed by atoms with E-state index < -0.39 is 11.9 Å². The molecule has 0 saturated heterocycles. The van der Waals surface area contributed by atoms with Gasteiger partial charge in [-0.15, -0.1) is 0 Å². The van der Waals surface area contributed by atoms with Crippen molar-refractivity contribution in [1.29, 1.82) is 0 Å². The molecule has 1 aliphatic rings. The first kappa shape index (κ1) is 17.5. The van der Waals surface area contributed by atoms with Gasteiger partial charge in [-0.2, -0.15) is 18.3 Å². The standard InChI is InChI=1S/C18H20F3N3O/c1-12-10-16(18(19,20)21)23-24(12)9-8-22-17(25)11-14-7-6-13-4-2-3-5-15(13)14/h2-5,10,14H,6-9,11H2,1H3,(H,22,25)/t14-/m0/s1. The summed E-state index contributed by atoms with van der Waals surface area (Å²) in [6, 6.07) is 9.14. The zero-order valence-electron chi connectivity index (χ0n) is 13.9. The van der Waals surface area contributed by atoms with Crippen molar-refractivity contribution < 1.29 is 18.0 Å². The maximum atomic E-state index is 12.6. The van der Waals surface area contributed by atoms with Gasteiger partial charge >= 0.3 is 6.18 Å². The minimum absolute atomic E-state index is 0.0810. The fourth-order valence-corrected chi connectivity index (χ4v) is 3.33. The normalized spacial score (nSPS) is 16.7. The highest BCUT2D eigenvalue weighted by atomic mass is 19.4. The average molecular weight is 351 g/mol. The van der Waals surface area contributed by atoms with E-state index in [0.717, 1.165) is 18.9 Å². The molecule has 7 heteroatoms. The summed E-state index contributed by atoms with van der Waals surface area (Å²) >= 11 is 0. The van der Waals surface area contributed by atoms with Gasteiger partial charge in [-0.25, -0.2) is 0 Å². The molecule has 1 aromatic carbocycles. The maximum Gasteiger partial charge on any atom is 0.435 e. The number of hydrogen-bond donors (Lipinski definition) is 1. The van der Waals surface area contributed by atoms with Gasteiger partial charge in [-0.3, -0.25) is 9.48 Å². The molecule has 1 amide bonds. The number of carbonyl (C=O) groups excluding carboxylic acids is 1. The Morgan fingerprint density at radius 1 is 1.36 bits per heavy atom. The van der Waals surface area contributed by atoms with Crippen molar-refractivity contribution in [3.63, 3.8) is 0 Å². The number of hydrogen-bond acceptors (Lipinski definition) is 2. The van der Waals surface area contributed by atoms with Crippen LogP contribution in [-0.4, -0.2) is 22.2 Å². The Bertz CT molecular complexity index is 767. The highest BCUT2D eigenvalue weighted by Gasteiger charge is 2.34. The molecular weight excluding hydrogens is 331 g/mol. The van der Waals surface area contributed by atoms with E-state index in [1.54, 1.807) is 6.92 Å².